The van der Waals surface area contributed by atoms with Gasteiger partial charge in [-0.1, -0.05) is 5.11 Å². The maximum atomic E-state index is 10.5. The number of carbonyl (C=O) groups is 1. The van der Waals surface area contributed by atoms with Crippen LogP contribution in [0.15, 0.2) is 5.11 Å². The third kappa shape index (κ3) is 1.31. The predicted octanol–water partition coefficient (Wildman–Crippen LogP) is -0.172. The van der Waals surface area contributed by atoms with E-state index in [4.69, 9.17) is 10.8 Å². The van der Waals surface area contributed by atoms with Crippen LogP contribution < -0.4 is 10.6 Å². The third-order valence-electron chi connectivity index (χ3n) is 1.20. The van der Waals surface area contributed by atoms with E-state index in [-0.39, 0.29) is 0 Å². The molecule has 7 heteroatoms. The summed E-state index contributed by atoms with van der Waals surface area (Å²) in [7, 11) is 0. The van der Waals surface area contributed by atoms with Crippen molar-refractivity contribution in [1.29, 1.82) is 5.26 Å². The fourth-order valence-corrected chi connectivity index (χ4v) is 0.734. The highest BCUT2D eigenvalue weighted by Gasteiger charge is 2.30. The molecule has 1 heterocycles. The fourth-order valence-electron chi connectivity index (χ4n) is 0.734. The number of hydrogen-bond donors (Lipinski definition) is 2. The first-order valence-electron chi connectivity index (χ1n) is 2.79. The largest absolute Gasteiger partial charge is 0.326 e. The van der Waals surface area contributed by atoms with Crippen LogP contribution in [-0.2, 0) is 0 Å². The van der Waals surface area contributed by atoms with Gasteiger partial charge in [-0.25, -0.2) is 4.79 Å². The second kappa shape index (κ2) is 2.77. The summed E-state index contributed by atoms with van der Waals surface area (Å²) < 4.78 is 0. The van der Waals surface area contributed by atoms with Crippen LogP contribution >= 0.6 is 0 Å². The van der Waals surface area contributed by atoms with Crippen molar-refractivity contribution in [3.05, 3.63) is 10.4 Å². The lowest BCUT2D eigenvalue weighted by atomic mass is 10.3. The van der Waals surface area contributed by atoms with Crippen LogP contribution in [0.25, 0.3) is 10.4 Å². The van der Waals surface area contributed by atoms with E-state index in [1.165, 1.54) is 0 Å². The number of carbonyl (C=O) groups excluding carboxylic acids is 1. The van der Waals surface area contributed by atoms with Crippen LogP contribution in [0.5, 0.6) is 0 Å². The lowest BCUT2D eigenvalue weighted by molar-refractivity contribution is 0.247. The molecule has 0 saturated carbocycles. The molecular weight excluding hydrogens is 148 g/mol. The molecule has 0 aromatic rings. The van der Waals surface area contributed by atoms with E-state index in [1.54, 1.807) is 6.07 Å². The molecule has 56 valence electrons. The molecule has 1 rings (SSSR count). The van der Waals surface area contributed by atoms with Crippen LogP contribution in [-0.4, -0.2) is 18.2 Å². The zero-order valence-corrected chi connectivity index (χ0v) is 5.35. The van der Waals surface area contributed by atoms with Gasteiger partial charge in [0.15, 0.2) is 0 Å². The molecule has 2 amide bonds. The van der Waals surface area contributed by atoms with Gasteiger partial charge >= 0.3 is 6.03 Å². The molecule has 0 spiro atoms. The van der Waals surface area contributed by atoms with Gasteiger partial charge in [0, 0.05) is 4.91 Å². The average Bonchev–Trinajstić information content (AvgIpc) is 2.32. The number of nitrogens with one attached hydrogen (secondary N) is 2. The van der Waals surface area contributed by atoms with E-state index in [0.717, 1.165) is 0 Å². The maximum absolute atomic E-state index is 10.5. The van der Waals surface area contributed by atoms with Gasteiger partial charge in [-0.05, 0) is 5.53 Å². The molecule has 2 N–H and O–H groups in total. The Morgan fingerprint density at radius 1 is 1.73 bits per heavy atom. The molecule has 0 aromatic carbocycles. The number of hydrogen-bond acceptors (Lipinski definition) is 3. The average molecular weight is 152 g/mol. The topological polar surface area (TPSA) is 114 Å². The van der Waals surface area contributed by atoms with Crippen LogP contribution in [0.2, 0.25) is 0 Å². The Bertz CT molecular complexity index is 260. The Morgan fingerprint density at radius 3 is 3.00 bits per heavy atom. The molecular formula is C4H4N6O. The van der Waals surface area contributed by atoms with Crippen molar-refractivity contribution in [2.45, 2.75) is 12.2 Å². The summed E-state index contributed by atoms with van der Waals surface area (Å²) in [5, 5.41) is 16.1. The predicted molar refractivity (Wildman–Crippen MR) is 34.0 cm³/mol. The van der Waals surface area contributed by atoms with Crippen LogP contribution in [0, 0.1) is 11.3 Å². The Hall–Kier alpha value is -1.93. The second-order valence-electron chi connectivity index (χ2n) is 1.87. The molecule has 0 aliphatic carbocycles. The SMILES string of the molecule is N#CC1NC(=O)NC1N=[N+]=[N-]. The number of amides is 2. The molecule has 0 aromatic heterocycles. The maximum Gasteiger partial charge on any atom is 0.316 e. The zero-order valence-electron chi connectivity index (χ0n) is 5.35. The molecule has 2 unspecified atom stereocenters. The Kier molecular flexibility index (Phi) is 1.81. The van der Waals surface area contributed by atoms with Gasteiger partial charge in [0.1, 0.15) is 12.2 Å². The van der Waals surface area contributed by atoms with Crippen LogP contribution in [0.3, 0.4) is 0 Å². The monoisotopic (exact) mass is 152 g/mol. The summed E-state index contributed by atoms with van der Waals surface area (Å²) in [6.45, 7) is 0. The lowest BCUT2D eigenvalue weighted by Gasteiger charge is -2.01. The highest BCUT2D eigenvalue weighted by atomic mass is 16.2. The Morgan fingerprint density at radius 2 is 2.45 bits per heavy atom. The lowest BCUT2D eigenvalue weighted by Crippen LogP contribution is -2.29. The normalized spacial score (nSPS) is 27.7. The van der Waals surface area contributed by atoms with Crippen molar-refractivity contribution < 1.29 is 4.79 Å². The van der Waals surface area contributed by atoms with Gasteiger partial charge in [-0.2, -0.15) is 5.26 Å². The number of azide groups is 1. The summed E-state index contributed by atoms with van der Waals surface area (Å²) >= 11 is 0. The summed E-state index contributed by atoms with van der Waals surface area (Å²) in [6.07, 6.45) is -0.794. The highest BCUT2D eigenvalue weighted by Crippen LogP contribution is 2.01. The van der Waals surface area contributed by atoms with Crippen LogP contribution in [0.1, 0.15) is 0 Å². The first-order valence-corrected chi connectivity index (χ1v) is 2.79. The fraction of sp³-hybridized carbons (Fsp3) is 0.500. The number of nitrogens with zero attached hydrogens (tertiary/aromatic N) is 4. The molecule has 1 saturated heterocycles. The molecule has 2 atom stereocenters. The molecule has 7 nitrogen and oxygen atoms in total. The van der Waals surface area contributed by atoms with E-state index >= 15 is 0 Å². The number of rotatable bonds is 1. The van der Waals surface area contributed by atoms with E-state index in [0.29, 0.717) is 0 Å². The van der Waals surface area contributed by atoms with Crippen molar-refractivity contribution >= 4 is 6.03 Å². The summed E-state index contributed by atoms with van der Waals surface area (Å²) in [6, 6.07) is 0.513. The number of nitriles is 1. The minimum atomic E-state index is -0.794. The van der Waals surface area contributed by atoms with E-state index < -0.39 is 18.2 Å². The van der Waals surface area contributed by atoms with E-state index in [2.05, 4.69) is 20.7 Å². The molecule has 11 heavy (non-hydrogen) atoms. The van der Waals surface area contributed by atoms with Crippen LogP contribution in [0.4, 0.5) is 4.79 Å². The Balaban J connectivity index is 2.74. The second-order valence-corrected chi connectivity index (χ2v) is 1.87. The van der Waals surface area contributed by atoms with Crippen molar-refractivity contribution in [2.75, 3.05) is 0 Å². The smallest absolute Gasteiger partial charge is 0.316 e. The van der Waals surface area contributed by atoms with Gasteiger partial charge in [0.2, 0.25) is 0 Å². The summed E-state index contributed by atoms with van der Waals surface area (Å²) in [5.41, 5.74) is 8.00. The van der Waals surface area contributed by atoms with Gasteiger partial charge in [-0.15, -0.1) is 0 Å². The Labute approximate surface area is 61.6 Å². The van der Waals surface area contributed by atoms with Crippen molar-refractivity contribution in [3.63, 3.8) is 0 Å². The molecule has 0 radical (unpaired) electrons. The molecule has 1 aliphatic heterocycles. The third-order valence-corrected chi connectivity index (χ3v) is 1.20. The summed E-state index contributed by atoms with van der Waals surface area (Å²) in [5.74, 6) is 0. The van der Waals surface area contributed by atoms with Gasteiger partial charge in [0.25, 0.3) is 0 Å². The van der Waals surface area contributed by atoms with Gasteiger partial charge in [-0.3, -0.25) is 0 Å². The highest BCUT2D eigenvalue weighted by molar-refractivity contribution is 5.77. The first-order chi connectivity index (χ1) is 5.27. The van der Waals surface area contributed by atoms with E-state index in [9.17, 15) is 4.79 Å². The van der Waals surface area contributed by atoms with Gasteiger partial charge < -0.3 is 10.6 Å². The standard InChI is InChI=1S/C4H4N6O/c5-1-2-3(9-10-6)8-4(11)7-2/h2-3H,(H2,7,8,11). The van der Waals surface area contributed by atoms with Crippen molar-refractivity contribution in [1.82, 2.24) is 10.6 Å². The minimum absolute atomic E-state index is 0.492. The molecule has 0 bridgehead atoms. The number of urea groups is 1. The van der Waals surface area contributed by atoms with Gasteiger partial charge in [0.05, 0.1) is 6.07 Å². The van der Waals surface area contributed by atoms with Crippen molar-refractivity contribution in [2.24, 2.45) is 5.11 Å². The van der Waals surface area contributed by atoms with E-state index in [1.807, 2.05) is 0 Å². The summed E-state index contributed by atoms with van der Waals surface area (Å²) in [4.78, 5) is 13.0. The first kappa shape index (κ1) is 7.18. The minimum Gasteiger partial charge on any atom is -0.326 e. The molecule has 1 aliphatic rings. The van der Waals surface area contributed by atoms with Crippen molar-refractivity contribution in [3.8, 4) is 6.07 Å². The molecule has 1 fully saturated rings. The quantitative estimate of drug-likeness (QED) is 0.308. The zero-order chi connectivity index (χ0) is 8.27.